The first-order valence-corrected chi connectivity index (χ1v) is 10.0. The first-order valence-electron chi connectivity index (χ1n) is 10.0. The zero-order valence-corrected chi connectivity index (χ0v) is 18.2. The van der Waals surface area contributed by atoms with Crippen LogP contribution in [0.1, 0.15) is 0 Å². The summed E-state index contributed by atoms with van der Waals surface area (Å²) in [6.45, 7) is 0.515. The van der Waals surface area contributed by atoms with Gasteiger partial charge in [0.1, 0.15) is 11.6 Å². The Bertz CT molecular complexity index is 979. The van der Waals surface area contributed by atoms with Gasteiger partial charge in [-0.2, -0.15) is 0 Å². The Hall–Kier alpha value is -3.24. The number of nitrogens with zero attached hydrogens (tertiary/aromatic N) is 4. The molecule has 2 heterocycles. The minimum absolute atomic E-state index is 0.0460. The largest absolute Gasteiger partial charge is 0.428 e. The number of rotatable bonds is 5. The van der Waals surface area contributed by atoms with Crippen LogP contribution in [0.15, 0.2) is 36.4 Å². The van der Waals surface area contributed by atoms with Crippen LogP contribution in [0.4, 0.5) is 29.7 Å². The first-order chi connectivity index (χ1) is 15.2. The molecule has 8 nitrogen and oxygen atoms in total. The number of carbonyl (C=O) groups excluding carboxylic acids is 2. The molecule has 0 radical (unpaired) electrons. The molecule has 0 aromatic heterocycles. The van der Waals surface area contributed by atoms with Crippen LogP contribution in [0, 0.1) is 11.6 Å². The Balaban J connectivity index is 1.57. The number of likely N-dealkylation sites (N-methyl/N-ethyl adjacent to an activating group) is 2. The van der Waals surface area contributed by atoms with E-state index in [9.17, 15) is 18.4 Å². The molecule has 2 aliphatic heterocycles. The van der Waals surface area contributed by atoms with Crippen molar-refractivity contribution in [3.05, 3.63) is 48.0 Å². The third-order valence-electron chi connectivity index (χ3n) is 5.56. The van der Waals surface area contributed by atoms with Crippen LogP contribution < -0.4 is 9.80 Å². The number of ether oxygens (including phenoxy) is 2. The van der Waals surface area contributed by atoms with Crippen LogP contribution in [0.2, 0.25) is 0 Å². The van der Waals surface area contributed by atoms with E-state index in [1.165, 1.54) is 34.1 Å². The Morgan fingerprint density at radius 2 is 1.12 bits per heavy atom. The SMILES string of the molecule is CN(C)[C@@H]1CN(c2ccc(-c3ccc(N4C[C@@H](N(C)C)OC4=O)cc3F)c(F)c2)C(=O)O1. The molecule has 0 bridgehead atoms. The molecule has 0 spiro atoms. The molecule has 2 aliphatic rings. The molecule has 0 unspecified atom stereocenters. The van der Waals surface area contributed by atoms with Crippen LogP contribution >= 0.6 is 0 Å². The van der Waals surface area contributed by atoms with Gasteiger partial charge in [-0.25, -0.2) is 18.4 Å². The van der Waals surface area contributed by atoms with Crippen LogP contribution in [0.25, 0.3) is 11.1 Å². The van der Waals surface area contributed by atoms with Gasteiger partial charge in [0, 0.05) is 11.1 Å². The highest BCUT2D eigenvalue weighted by atomic mass is 19.1. The predicted molar refractivity (Wildman–Crippen MR) is 114 cm³/mol. The lowest BCUT2D eigenvalue weighted by Gasteiger charge is -2.18. The van der Waals surface area contributed by atoms with E-state index >= 15 is 0 Å². The van der Waals surface area contributed by atoms with Gasteiger partial charge in [0.2, 0.25) is 0 Å². The lowest BCUT2D eigenvalue weighted by Crippen LogP contribution is -2.32. The Morgan fingerprint density at radius 1 is 0.750 bits per heavy atom. The molecule has 0 saturated carbocycles. The summed E-state index contributed by atoms with van der Waals surface area (Å²) in [6.07, 6.45) is -2.00. The van der Waals surface area contributed by atoms with Gasteiger partial charge in [0.15, 0.2) is 12.5 Å². The van der Waals surface area contributed by atoms with Crippen molar-refractivity contribution in [1.82, 2.24) is 9.80 Å². The quantitative estimate of drug-likeness (QED) is 0.702. The normalized spacial score (nSPS) is 21.0. The Kier molecular flexibility index (Phi) is 5.74. The van der Waals surface area contributed by atoms with Crippen LogP contribution in [-0.4, -0.2) is 75.7 Å². The summed E-state index contributed by atoms with van der Waals surface area (Å²) < 4.78 is 40.3. The summed E-state index contributed by atoms with van der Waals surface area (Å²) in [4.78, 5) is 30.4. The number of cyclic esters (lactones) is 2. The molecule has 0 N–H and O–H groups in total. The van der Waals surface area contributed by atoms with Gasteiger partial charge in [-0.05, 0) is 64.6 Å². The van der Waals surface area contributed by atoms with E-state index in [1.807, 2.05) is 0 Å². The number of hydrogen-bond donors (Lipinski definition) is 0. The third-order valence-corrected chi connectivity index (χ3v) is 5.56. The molecule has 2 saturated heterocycles. The molecule has 0 aliphatic carbocycles. The fourth-order valence-corrected chi connectivity index (χ4v) is 3.64. The zero-order chi connectivity index (χ0) is 23.2. The molecular formula is C22H24F2N4O4. The van der Waals surface area contributed by atoms with Crippen molar-refractivity contribution in [2.45, 2.75) is 12.5 Å². The molecule has 4 rings (SSSR count). The highest BCUT2D eigenvalue weighted by Gasteiger charge is 2.35. The standard InChI is InChI=1S/C22H24F2N4O4/c1-25(2)19-11-27(21(29)31-19)13-5-7-15(17(23)9-13)16-8-6-14(10-18(16)24)28-12-20(26(3)4)32-22(28)30/h5-10,19-20H,11-12H2,1-4H3/t19-,20-/m0/s1. The first kappa shape index (κ1) is 22.0. The van der Waals surface area contributed by atoms with Gasteiger partial charge in [0.05, 0.1) is 24.5 Å². The van der Waals surface area contributed by atoms with Crippen molar-refractivity contribution in [2.24, 2.45) is 0 Å². The molecule has 2 atom stereocenters. The van der Waals surface area contributed by atoms with Gasteiger partial charge in [0.25, 0.3) is 0 Å². The van der Waals surface area contributed by atoms with Crippen molar-refractivity contribution >= 4 is 23.6 Å². The minimum atomic E-state index is -0.677. The smallest absolute Gasteiger partial charge is 0.416 e. The minimum Gasteiger partial charge on any atom is -0.428 e. The molecule has 32 heavy (non-hydrogen) atoms. The number of benzene rings is 2. The maximum atomic E-state index is 14.9. The second-order valence-corrected chi connectivity index (χ2v) is 8.15. The molecule has 2 aromatic carbocycles. The fourth-order valence-electron chi connectivity index (χ4n) is 3.64. The molecule has 10 heteroatoms. The average Bonchev–Trinajstić information content (AvgIpc) is 3.31. The van der Waals surface area contributed by atoms with E-state index in [-0.39, 0.29) is 24.2 Å². The van der Waals surface area contributed by atoms with Gasteiger partial charge in [-0.15, -0.1) is 0 Å². The van der Waals surface area contributed by atoms with Crippen molar-refractivity contribution in [3.63, 3.8) is 0 Å². The van der Waals surface area contributed by atoms with Crippen LogP contribution in [0.5, 0.6) is 0 Å². The molecule has 2 fully saturated rings. The lowest BCUT2D eigenvalue weighted by atomic mass is 10.0. The number of amides is 2. The predicted octanol–water partition coefficient (Wildman–Crippen LogP) is 3.32. The van der Waals surface area contributed by atoms with Gasteiger partial charge in [-0.3, -0.25) is 19.6 Å². The van der Waals surface area contributed by atoms with E-state index < -0.39 is 36.3 Å². The van der Waals surface area contributed by atoms with E-state index in [0.717, 1.165) is 0 Å². The highest BCUT2D eigenvalue weighted by Crippen LogP contribution is 2.33. The second-order valence-electron chi connectivity index (χ2n) is 8.15. The van der Waals surface area contributed by atoms with Crippen molar-refractivity contribution in [3.8, 4) is 11.1 Å². The summed E-state index contributed by atoms with van der Waals surface area (Å²) in [5.74, 6) is -1.35. The van der Waals surface area contributed by atoms with E-state index in [0.29, 0.717) is 11.4 Å². The van der Waals surface area contributed by atoms with E-state index in [2.05, 4.69) is 0 Å². The van der Waals surface area contributed by atoms with E-state index in [1.54, 1.807) is 50.1 Å². The molecule has 2 aromatic rings. The summed E-state index contributed by atoms with van der Waals surface area (Å²) in [6, 6.07) is 8.30. The highest BCUT2D eigenvalue weighted by molar-refractivity contribution is 5.91. The Labute approximate surface area is 184 Å². The van der Waals surface area contributed by atoms with Crippen LogP contribution in [0.3, 0.4) is 0 Å². The summed E-state index contributed by atoms with van der Waals surface area (Å²) >= 11 is 0. The lowest BCUT2D eigenvalue weighted by molar-refractivity contribution is 0.0548. The summed E-state index contributed by atoms with van der Waals surface area (Å²) in [5, 5.41) is 0. The van der Waals surface area contributed by atoms with Gasteiger partial charge >= 0.3 is 12.2 Å². The number of hydrogen-bond acceptors (Lipinski definition) is 6. The van der Waals surface area contributed by atoms with Gasteiger partial charge in [-0.1, -0.05) is 0 Å². The monoisotopic (exact) mass is 446 g/mol. The fraction of sp³-hybridized carbons (Fsp3) is 0.364. The Morgan fingerprint density at radius 3 is 1.41 bits per heavy atom. The van der Waals surface area contributed by atoms with Crippen LogP contribution in [-0.2, 0) is 9.47 Å². The summed E-state index contributed by atoms with van der Waals surface area (Å²) in [5.41, 5.74) is 0.744. The second kappa shape index (κ2) is 8.36. The maximum Gasteiger partial charge on any atom is 0.416 e. The molecular weight excluding hydrogens is 422 g/mol. The molecule has 170 valence electrons. The van der Waals surface area contributed by atoms with Crippen molar-refractivity contribution in [1.29, 1.82) is 0 Å². The third kappa shape index (κ3) is 3.98. The number of anilines is 2. The van der Waals surface area contributed by atoms with Gasteiger partial charge < -0.3 is 9.47 Å². The van der Waals surface area contributed by atoms with Crippen molar-refractivity contribution < 1.29 is 27.8 Å². The van der Waals surface area contributed by atoms with E-state index in [4.69, 9.17) is 9.47 Å². The number of halogens is 2. The topological polar surface area (TPSA) is 65.6 Å². The summed E-state index contributed by atoms with van der Waals surface area (Å²) in [7, 11) is 7.11. The number of carbonyl (C=O) groups is 2. The van der Waals surface area contributed by atoms with Crippen molar-refractivity contribution in [2.75, 3.05) is 51.1 Å². The zero-order valence-electron chi connectivity index (χ0n) is 18.2. The maximum absolute atomic E-state index is 14.9. The average molecular weight is 446 g/mol. The molecule has 2 amide bonds.